The number of halogens is 2. The van der Waals surface area contributed by atoms with Crippen LogP contribution >= 0.6 is 15.9 Å². The summed E-state index contributed by atoms with van der Waals surface area (Å²) in [6.07, 6.45) is 0. The smallest absolute Gasteiger partial charge is 0.153 e. The van der Waals surface area contributed by atoms with E-state index in [0.717, 1.165) is 15.6 Å². The first-order valence-electron chi connectivity index (χ1n) is 6.42. The zero-order chi connectivity index (χ0) is 15.0. The molecular formula is C16H13BrFN3. The number of aryl methyl sites for hydroxylation is 1. The molecular weight excluding hydrogens is 333 g/mol. The topological polar surface area (TPSA) is 54.7 Å². The maximum Gasteiger partial charge on any atom is 0.153 e. The van der Waals surface area contributed by atoms with Crippen molar-refractivity contribution in [3.63, 3.8) is 0 Å². The van der Waals surface area contributed by atoms with Crippen molar-refractivity contribution < 1.29 is 4.39 Å². The molecule has 0 saturated carbocycles. The van der Waals surface area contributed by atoms with Gasteiger partial charge in [0.05, 0.1) is 11.3 Å². The first-order valence-corrected chi connectivity index (χ1v) is 7.22. The molecule has 0 aliphatic carbocycles. The summed E-state index contributed by atoms with van der Waals surface area (Å²) in [5.41, 5.74) is 9.59. The van der Waals surface area contributed by atoms with Gasteiger partial charge >= 0.3 is 0 Å². The molecule has 0 saturated heterocycles. The number of nitrogen functional groups attached to an aromatic ring is 1. The molecule has 21 heavy (non-hydrogen) atoms. The summed E-state index contributed by atoms with van der Waals surface area (Å²) in [7, 11) is 0. The van der Waals surface area contributed by atoms with Crippen LogP contribution in [0.1, 0.15) is 5.56 Å². The van der Waals surface area contributed by atoms with Crippen molar-refractivity contribution in [3.8, 4) is 22.4 Å². The van der Waals surface area contributed by atoms with E-state index in [1.165, 1.54) is 6.07 Å². The predicted octanol–water partition coefficient (Wildman–Crippen LogP) is 4.54. The van der Waals surface area contributed by atoms with Crippen molar-refractivity contribution in [3.05, 3.63) is 58.3 Å². The van der Waals surface area contributed by atoms with Gasteiger partial charge < -0.3 is 5.73 Å². The number of nitrogens with zero attached hydrogens (tertiary/aromatic N) is 1. The Morgan fingerprint density at radius 3 is 2.76 bits per heavy atom. The minimum absolute atomic E-state index is 0.305. The summed E-state index contributed by atoms with van der Waals surface area (Å²) in [5, 5.41) is 6.89. The van der Waals surface area contributed by atoms with E-state index in [1.54, 1.807) is 12.1 Å². The molecule has 0 amide bonds. The second-order valence-electron chi connectivity index (χ2n) is 4.85. The lowest BCUT2D eigenvalue weighted by Gasteiger charge is -2.07. The van der Waals surface area contributed by atoms with Crippen LogP contribution in [0.15, 0.2) is 46.9 Å². The van der Waals surface area contributed by atoms with Gasteiger partial charge in [-0.1, -0.05) is 39.7 Å². The number of nitrogens with one attached hydrogen (secondary N) is 1. The zero-order valence-corrected chi connectivity index (χ0v) is 12.9. The fraction of sp³-hybridized carbons (Fsp3) is 0.0625. The quantitative estimate of drug-likeness (QED) is 0.716. The van der Waals surface area contributed by atoms with E-state index < -0.39 is 0 Å². The number of benzene rings is 2. The minimum Gasteiger partial charge on any atom is -0.382 e. The van der Waals surface area contributed by atoms with Crippen LogP contribution < -0.4 is 5.73 Å². The van der Waals surface area contributed by atoms with E-state index in [4.69, 9.17) is 5.73 Å². The third-order valence-electron chi connectivity index (χ3n) is 3.30. The third-order valence-corrected chi connectivity index (χ3v) is 3.79. The Morgan fingerprint density at radius 1 is 1.19 bits per heavy atom. The van der Waals surface area contributed by atoms with E-state index in [0.29, 0.717) is 22.6 Å². The average molecular weight is 346 g/mol. The number of aromatic amines is 1. The summed E-state index contributed by atoms with van der Waals surface area (Å²) in [6, 6.07) is 12.6. The minimum atomic E-state index is -0.305. The largest absolute Gasteiger partial charge is 0.382 e. The summed E-state index contributed by atoms with van der Waals surface area (Å²) >= 11 is 3.43. The monoisotopic (exact) mass is 345 g/mol. The highest BCUT2D eigenvalue weighted by Crippen LogP contribution is 2.36. The van der Waals surface area contributed by atoms with Crippen molar-refractivity contribution in [1.29, 1.82) is 0 Å². The first-order chi connectivity index (χ1) is 10.1. The van der Waals surface area contributed by atoms with Gasteiger partial charge in [0.1, 0.15) is 5.82 Å². The number of hydrogen-bond donors (Lipinski definition) is 2. The zero-order valence-electron chi connectivity index (χ0n) is 11.3. The van der Waals surface area contributed by atoms with Crippen molar-refractivity contribution >= 4 is 21.7 Å². The molecule has 3 nitrogen and oxygen atoms in total. The van der Waals surface area contributed by atoms with E-state index in [9.17, 15) is 4.39 Å². The normalized spacial score (nSPS) is 10.8. The third kappa shape index (κ3) is 2.56. The predicted molar refractivity (Wildman–Crippen MR) is 86.3 cm³/mol. The van der Waals surface area contributed by atoms with E-state index in [2.05, 4.69) is 26.1 Å². The summed E-state index contributed by atoms with van der Waals surface area (Å²) in [5.74, 6) is 0.0458. The Morgan fingerprint density at radius 2 is 2.00 bits per heavy atom. The van der Waals surface area contributed by atoms with Gasteiger partial charge in [-0.15, -0.1) is 0 Å². The number of aromatic nitrogens is 2. The van der Waals surface area contributed by atoms with Crippen LogP contribution in [0, 0.1) is 12.7 Å². The summed E-state index contributed by atoms with van der Waals surface area (Å²) < 4.78 is 15.1. The molecule has 1 heterocycles. The molecule has 3 N–H and O–H groups in total. The molecule has 0 spiro atoms. The van der Waals surface area contributed by atoms with Crippen LogP contribution in [0.25, 0.3) is 22.4 Å². The second kappa shape index (κ2) is 5.33. The molecule has 0 atom stereocenters. The van der Waals surface area contributed by atoms with Crippen LogP contribution in [-0.4, -0.2) is 10.2 Å². The Kier molecular flexibility index (Phi) is 3.51. The molecule has 0 radical (unpaired) electrons. The van der Waals surface area contributed by atoms with Crippen LogP contribution in [0.4, 0.5) is 10.2 Å². The molecule has 106 valence electrons. The Bertz CT molecular complexity index is 811. The fourth-order valence-corrected chi connectivity index (χ4v) is 2.72. The van der Waals surface area contributed by atoms with Gasteiger partial charge in [-0.05, 0) is 36.8 Å². The Hall–Kier alpha value is -2.14. The lowest BCUT2D eigenvalue weighted by Crippen LogP contribution is -1.91. The van der Waals surface area contributed by atoms with Crippen LogP contribution in [0.3, 0.4) is 0 Å². The number of H-pyrrole nitrogens is 1. The molecule has 2 aromatic carbocycles. The van der Waals surface area contributed by atoms with Gasteiger partial charge in [-0.3, -0.25) is 5.10 Å². The van der Waals surface area contributed by atoms with E-state index >= 15 is 0 Å². The van der Waals surface area contributed by atoms with Crippen LogP contribution in [0.2, 0.25) is 0 Å². The maximum absolute atomic E-state index is 14.1. The highest BCUT2D eigenvalue weighted by atomic mass is 79.9. The molecule has 1 aromatic heterocycles. The number of rotatable bonds is 2. The van der Waals surface area contributed by atoms with Gasteiger partial charge in [0.25, 0.3) is 0 Å². The molecule has 0 unspecified atom stereocenters. The average Bonchev–Trinajstić information content (AvgIpc) is 2.83. The van der Waals surface area contributed by atoms with Gasteiger partial charge in [0, 0.05) is 10.0 Å². The van der Waals surface area contributed by atoms with Crippen molar-refractivity contribution in [1.82, 2.24) is 10.2 Å². The van der Waals surface area contributed by atoms with Gasteiger partial charge in [0.15, 0.2) is 5.82 Å². The molecule has 3 rings (SSSR count). The Balaban J connectivity index is 2.24. The number of nitrogens with two attached hydrogens (primary N) is 1. The second-order valence-corrected chi connectivity index (χ2v) is 5.77. The molecule has 0 fully saturated rings. The lowest BCUT2D eigenvalue weighted by atomic mass is 9.99. The molecule has 5 heteroatoms. The highest BCUT2D eigenvalue weighted by Gasteiger charge is 2.17. The molecule has 3 aromatic rings. The van der Waals surface area contributed by atoms with Gasteiger partial charge in [0.2, 0.25) is 0 Å². The number of hydrogen-bond acceptors (Lipinski definition) is 2. The standard InChI is InChI=1S/C16H13BrFN3/c1-9-5-6-13(18)12(7-9)15-14(16(19)21-20-15)10-3-2-4-11(17)8-10/h2-8H,1H3,(H3,19,20,21). The van der Waals surface area contributed by atoms with Crippen LogP contribution in [0.5, 0.6) is 0 Å². The first kappa shape index (κ1) is 13.8. The van der Waals surface area contributed by atoms with Crippen molar-refractivity contribution in [2.24, 2.45) is 0 Å². The van der Waals surface area contributed by atoms with Crippen molar-refractivity contribution in [2.75, 3.05) is 5.73 Å². The SMILES string of the molecule is Cc1ccc(F)c(-c2[nH]nc(N)c2-c2cccc(Br)c2)c1. The van der Waals surface area contributed by atoms with Crippen LogP contribution in [-0.2, 0) is 0 Å². The fourth-order valence-electron chi connectivity index (χ4n) is 2.32. The lowest BCUT2D eigenvalue weighted by molar-refractivity contribution is 0.630. The highest BCUT2D eigenvalue weighted by molar-refractivity contribution is 9.10. The Labute approximate surface area is 130 Å². The molecule has 0 bridgehead atoms. The number of anilines is 1. The summed E-state index contributed by atoms with van der Waals surface area (Å²) in [6.45, 7) is 1.92. The molecule has 0 aliphatic heterocycles. The van der Waals surface area contributed by atoms with Crippen molar-refractivity contribution in [2.45, 2.75) is 6.92 Å². The van der Waals surface area contributed by atoms with E-state index in [1.807, 2.05) is 31.2 Å². The summed E-state index contributed by atoms with van der Waals surface area (Å²) in [4.78, 5) is 0. The van der Waals surface area contributed by atoms with Gasteiger partial charge in [-0.2, -0.15) is 5.10 Å². The van der Waals surface area contributed by atoms with Gasteiger partial charge in [-0.25, -0.2) is 4.39 Å². The maximum atomic E-state index is 14.1. The van der Waals surface area contributed by atoms with E-state index in [-0.39, 0.29) is 5.82 Å². The molecule has 0 aliphatic rings.